The Morgan fingerprint density at radius 1 is 1.39 bits per heavy atom. The molecule has 31 heavy (non-hydrogen) atoms. The number of cyclic esters (lactones) is 1. The molecule has 1 aliphatic rings. The van der Waals surface area contributed by atoms with Crippen LogP contribution in [0.4, 0.5) is 14.9 Å². The number of anilines is 1. The van der Waals surface area contributed by atoms with E-state index in [1.165, 1.54) is 24.2 Å². The van der Waals surface area contributed by atoms with Gasteiger partial charge in [-0.05, 0) is 30.4 Å². The number of amides is 2. The summed E-state index contributed by atoms with van der Waals surface area (Å²) >= 11 is 5.27. The van der Waals surface area contributed by atoms with E-state index < -0.39 is 18.0 Å². The molecule has 0 unspecified atom stereocenters. The van der Waals surface area contributed by atoms with E-state index in [1.54, 1.807) is 45.5 Å². The molecule has 2 amide bonds. The average Bonchev–Trinajstić information content (AvgIpc) is 3.42. The molecule has 1 saturated heterocycles. The molecule has 1 aromatic carbocycles. The highest BCUT2D eigenvalue weighted by atomic mass is 32.1. The maximum Gasteiger partial charge on any atom is 0.414 e. The third-order valence-corrected chi connectivity index (χ3v) is 5.31. The standard InChI is InChI=1S/C19H20FN7O3S/c1-12(28)21-6-15-9-26(19(29)30-15)14-3-4-17(16(20)5-14)25-7-13(22-10-25)8-27-18(31)24(2)11-23-27/h3-5,7,10-11,15H,6,8-9H2,1-2H3,(H,21,28)/t15-/m0/s1. The van der Waals surface area contributed by atoms with Gasteiger partial charge in [-0.1, -0.05) is 0 Å². The summed E-state index contributed by atoms with van der Waals surface area (Å²) in [6, 6.07) is 4.47. The summed E-state index contributed by atoms with van der Waals surface area (Å²) in [6.07, 6.45) is 3.74. The van der Waals surface area contributed by atoms with Crippen LogP contribution in [-0.4, -0.2) is 55.1 Å². The van der Waals surface area contributed by atoms with Gasteiger partial charge in [0.1, 0.15) is 18.2 Å². The van der Waals surface area contributed by atoms with Crippen molar-refractivity contribution in [1.82, 2.24) is 29.2 Å². The lowest BCUT2D eigenvalue weighted by Gasteiger charge is -2.14. The zero-order chi connectivity index (χ0) is 22.1. The Morgan fingerprint density at radius 2 is 2.19 bits per heavy atom. The lowest BCUT2D eigenvalue weighted by Crippen LogP contribution is -2.33. The van der Waals surface area contributed by atoms with Gasteiger partial charge in [-0.15, -0.1) is 0 Å². The van der Waals surface area contributed by atoms with Gasteiger partial charge in [-0.2, -0.15) is 5.10 Å². The second-order valence-electron chi connectivity index (χ2n) is 7.14. The number of aryl methyl sites for hydroxylation is 1. The minimum absolute atomic E-state index is 0.205. The number of benzene rings is 1. The molecule has 0 spiro atoms. The Hall–Kier alpha value is -3.54. The smallest absolute Gasteiger partial charge is 0.414 e. The first-order chi connectivity index (χ1) is 14.8. The van der Waals surface area contributed by atoms with Gasteiger partial charge in [0, 0.05) is 20.2 Å². The molecule has 12 heteroatoms. The molecule has 1 N–H and O–H groups in total. The van der Waals surface area contributed by atoms with Crippen molar-refractivity contribution in [2.75, 3.05) is 18.0 Å². The summed E-state index contributed by atoms with van der Waals surface area (Å²) < 4.78 is 25.5. The van der Waals surface area contributed by atoms with Crippen LogP contribution in [0, 0.1) is 10.6 Å². The molecule has 4 rings (SSSR count). The quantitative estimate of drug-likeness (QED) is 0.581. The predicted molar refractivity (Wildman–Crippen MR) is 111 cm³/mol. The van der Waals surface area contributed by atoms with Crippen molar-refractivity contribution in [3.63, 3.8) is 0 Å². The first-order valence-corrected chi connectivity index (χ1v) is 9.86. The van der Waals surface area contributed by atoms with Crippen molar-refractivity contribution in [2.45, 2.75) is 19.6 Å². The van der Waals surface area contributed by atoms with Crippen LogP contribution in [0.2, 0.25) is 0 Å². The van der Waals surface area contributed by atoms with Crippen molar-refractivity contribution < 1.29 is 18.7 Å². The van der Waals surface area contributed by atoms with E-state index in [2.05, 4.69) is 15.4 Å². The normalized spacial score (nSPS) is 15.9. The van der Waals surface area contributed by atoms with Crippen molar-refractivity contribution >= 4 is 29.9 Å². The molecular weight excluding hydrogens is 425 g/mol. The summed E-state index contributed by atoms with van der Waals surface area (Å²) in [5.74, 6) is -0.732. The second-order valence-corrected chi connectivity index (χ2v) is 7.51. The number of nitrogens with one attached hydrogen (secondary N) is 1. The third kappa shape index (κ3) is 4.33. The number of halogens is 1. The van der Waals surface area contributed by atoms with Gasteiger partial charge in [0.05, 0.1) is 43.0 Å². The average molecular weight is 445 g/mol. The highest BCUT2D eigenvalue weighted by Crippen LogP contribution is 2.25. The van der Waals surface area contributed by atoms with Crippen LogP contribution in [0.15, 0.2) is 37.1 Å². The molecule has 162 valence electrons. The first kappa shape index (κ1) is 20.7. The van der Waals surface area contributed by atoms with E-state index in [0.29, 0.717) is 22.7 Å². The van der Waals surface area contributed by atoms with Crippen molar-refractivity contribution in [3.05, 3.63) is 53.3 Å². The molecule has 1 fully saturated rings. The summed E-state index contributed by atoms with van der Waals surface area (Å²) in [5.41, 5.74) is 1.33. The number of aromatic nitrogens is 5. The topological polar surface area (TPSA) is 99.2 Å². The zero-order valence-electron chi connectivity index (χ0n) is 16.9. The van der Waals surface area contributed by atoms with E-state index in [0.717, 1.165) is 0 Å². The molecule has 1 atom stereocenters. The molecule has 0 saturated carbocycles. The fourth-order valence-corrected chi connectivity index (χ4v) is 3.39. The van der Waals surface area contributed by atoms with Gasteiger partial charge < -0.3 is 19.2 Å². The maximum atomic E-state index is 14.8. The Bertz CT molecular complexity index is 1200. The number of nitrogens with zero attached hydrogens (tertiary/aromatic N) is 6. The fourth-order valence-electron chi connectivity index (χ4n) is 3.23. The van der Waals surface area contributed by atoms with Crippen LogP contribution in [-0.2, 0) is 23.1 Å². The molecule has 2 aromatic heterocycles. The second kappa shape index (κ2) is 8.30. The van der Waals surface area contributed by atoms with E-state index in [4.69, 9.17) is 17.0 Å². The largest absolute Gasteiger partial charge is 0.442 e. The Labute approximate surface area is 181 Å². The molecule has 1 aliphatic heterocycles. The Balaban J connectivity index is 1.49. The van der Waals surface area contributed by atoms with Crippen LogP contribution < -0.4 is 10.2 Å². The molecule has 3 aromatic rings. The molecule has 0 aliphatic carbocycles. The van der Waals surface area contributed by atoms with Gasteiger partial charge in [0.15, 0.2) is 4.77 Å². The van der Waals surface area contributed by atoms with Crippen LogP contribution in [0.1, 0.15) is 12.6 Å². The number of rotatable bonds is 6. The molecular formula is C19H20FN7O3S. The maximum absolute atomic E-state index is 14.8. The minimum Gasteiger partial charge on any atom is -0.442 e. The molecule has 3 heterocycles. The van der Waals surface area contributed by atoms with Crippen LogP contribution in [0.5, 0.6) is 0 Å². The van der Waals surface area contributed by atoms with Gasteiger partial charge in [0.2, 0.25) is 5.91 Å². The summed E-state index contributed by atoms with van der Waals surface area (Å²) in [5, 5.41) is 6.79. The van der Waals surface area contributed by atoms with Gasteiger partial charge in [-0.3, -0.25) is 9.69 Å². The Morgan fingerprint density at radius 3 is 2.87 bits per heavy atom. The van der Waals surface area contributed by atoms with Crippen molar-refractivity contribution in [1.29, 1.82) is 0 Å². The third-order valence-electron chi connectivity index (χ3n) is 4.81. The summed E-state index contributed by atoms with van der Waals surface area (Å²) in [7, 11) is 1.81. The molecule has 0 radical (unpaired) electrons. The van der Waals surface area contributed by atoms with Gasteiger partial charge in [-0.25, -0.2) is 18.9 Å². The summed E-state index contributed by atoms with van der Waals surface area (Å²) in [6.45, 7) is 2.17. The van der Waals surface area contributed by atoms with Crippen LogP contribution in [0.3, 0.4) is 0 Å². The number of hydrogen-bond donors (Lipinski definition) is 1. The van der Waals surface area contributed by atoms with Crippen LogP contribution >= 0.6 is 12.2 Å². The monoisotopic (exact) mass is 445 g/mol. The van der Waals surface area contributed by atoms with Crippen molar-refractivity contribution in [2.24, 2.45) is 7.05 Å². The SMILES string of the molecule is CC(=O)NC[C@H]1CN(c2ccc(-n3cnc(Cn4ncn(C)c4=S)c3)c(F)c2)C(=O)O1. The lowest BCUT2D eigenvalue weighted by atomic mass is 10.2. The predicted octanol–water partition coefficient (Wildman–Crippen LogP) is 1.79. The van der Waals surface area contributed by atoms with E-state index in [9.17, 15) is 14.0 Å². The van der Waals surface area contributed by atoms with Gasteiger partial charge >= 0.3 is 6.09 Å². The lowest BCUT2D eigenvalue weighted by molar-refractivity contribution is -0.119. The van der Waals surface area contributed by atoms with Gasteiger partial charge in [0.25, 0.3) is 0 Å². The minimum atomic E-state index is -0.584. The molecule has 0 bridgehead atoms. The fraction of sp³-hybridized carbons (Fsp3) is 0.316. The highest BCUT2D eigenvalue weighted by molar-refractivity contribution is 7.71. The Kier molecular flexibility index (Phi) is 5.55. The number of ether oxygens (including phenoxy) is 1. The van der Waals surface area contributed by atoms with E-state index in [-0.39, 0.29) is 24.7 Å². The van der Waals surface area contributed by atoms with E-state index >= 15 is 0 Å². The molecule has 10 nitrogen and oxygen atoms in total. The number of carbonyl (C=O) groups is 2. The van der Waals surface area contributed by atoms with Crippen molar-refractivity contribution in [3.8, 4) is 5.69 Å². The van der Waals surface area contributed by atoms with E-state index in [1.807, 2.05) is 0 Å². The highest BCUT2D eigenvalue weighted by Gasteiger charge is 2.32. The zero-order valence-corrected chi connectivity index (χ0v) is 17.7. The number of imidazole rings is 1. The van der Waals surface area contributed by atoms with Crippen LogP contribution in [0.25, 0.3) is 5.69 Å². The number of carbonyl (C=O) groups excluding carboxylic acids is 2. The first-order valence-electron chi connectivity index (χ1n) is 9.45. The summed E-state index contributed by atoms with van der Waals surface area (Å²) in [4.78, 5) is 28.8. The number of hydrogen-bond acceptors (Lipinski definition) is 6.